The maximum Gasteiger partial charge on any atom is 0.225 e. The summed E-state index contributed by atoms with van der Waals surface area (Å²) >= 11 is 0. The third kappa shape index (κ3) is 4.20. The zero-order chi connectivity index (χ0) is 13.7. The summed E-state index contributed by atoms with van der Waals surface area (Å²) in [5.41, 5.74) is 0. The predicted molar refractivity (Wildman–Crippen MR) is 79.0 cm³/mol. The smallest absolute Gasteiger partial charge is 0.225 e. The van der Waals surface area contributed by atoms with E-state index in [4.69, 9.17) is 0 Å². The van der Waals surface area contributed by atoms with Crippen molar-refractivity contribution in [2.75, 3.05) is 19.6 Å². The normalized spacial score (nSPS) is 32.3. The van der Waals surface area contributed by atoms with Gasteiger partial charge in [0.15, 0.2) is 0 Å². The molecule has 1 N–H and O–H groups in total. The van der Waals surface area contributed by atoms with E-state index in [2.05, 4.69) is 24.1 Å². The fourth-order valence-corrected chi connectivity index (χ4v) is 3.46. The van der Waals surface area contributed by atoms with Gasteiger partial charge in [0, 0.05) is 25.0 Å². The highest BCUT2D eigenvalue weighted by atomic mass is 16.2. The number of hydrogen-bond acceptors (Lipinski definition) is 2. The number of nitrogens with zero attached hydrogens (tertiary/aromatic N) is 1. The Morgan fingerprint density at radius 2 is 1.95 bits per heavy atom. The summed E-state index contributed by atoms with van der Waals surface area (Å²) in [4.78, 5) is 14.7. The molecule has 19 heavy (non-hydrogen) atoms. The minimum atomic E-state index is 0.320. The van der Waals surface area contributed by atoms with Gasteiger partial charge in [-0.15, -0.1) is 0 Å². The van der Waals surface area contributed by atoms with Crippen LogP contribution >= 0.6 is 0 Å². The van der Waals surface area contributed by atoms with Gasteiger partial charge in [0.1, 0.15) is 0 Å². The van der Waals surface area contributed by atoms with Crippen molar-refractivity contribution in [2.24, 2.45) is 11.8 Å². The molecule has 0 aromatic rings. The van der Waals surface area contributed by atoms with Crippen LogP contribution in [0, 0.1) is 11.8 Å². The molecule has 1 aliphatic heterocycles. The Bertz CT molecular complexity index is 284. The number of nitrogens with one attached hydrogen (secondary N) is 1. The quantitative estimate of drug-likeness (QED) is 0.848. The van der Waals surface area contributed by atoms with E-state index < -0.39 is 0 Å². The van der Waals surface area contributed by atoms with Crippen molar-refractivity contribution in [1.29, 1.82) is 0 Å². The van der Waals surface area contributed by atoms with Gasteiger partial charge in [-0.3, -0.25) is 4.79 Å². The first-order valence-electron chi connectivity index (χ1n) is 8.23. The molecular formula is C16H30N2O. The summed E-state index contributed by atoms with van der Waals surface area (Å²) in [5.74, 6) is 1.58. The van der Waals surface area contributed by atoms with Crippen LogP contribution < -0.4 is 5.32 Å². The van der Waals surface area contributed by atoms with Crippen LogP contribution in [0.1, 0.15) is 58.8 Å². The molecule has 0 bridgehead atoms. The third-order valence-corrected chi connectivity index (χ3v) is 4.78. The first-order valence-corrected chi connectivity index (χ1v) is 8.23. The second-order valence-corrected chi connectivity index (χ2v) is 6.53. The molecule has 3 nitrogen and oxygen atoms in total. The van der Waals surface area contributed by atoms with Gasteiger partial charge in [-0.1, -0.05) is 13.8 Å². The lowest BCUT2D eigenvalue weighted by atomic mass is 9.82. The molecule has 1 unspecified atom stereocenters. The summed E-state index contributed by atoms with van der Waals surface area (Å²) in [7, 11) is 0. The Morgan fingerprint density at radius 1 is 1.21 bits per heavy atom. The largest absolute Gasteiger partial charge is 0.341 e. The van der Waals surface area contributed by atoms with E-state index in [-0.39, 0.29) is 0 Å². The van der Waals surface area contributed by atoms with E-state index in [1.54, 1.807) is 0 Å². The maximum absolute atomic E-state index is 12.6. The number of rotatable bonds is 4. The van der Waals surface area contributed by atoms with Gasteiger partial charge in [-0.2, -0.15) is 0 Å². The first kappa shape index (κ1) is 14.8. The van der Waals surface area contributed by atoms with Crippen molar-refractivity contribution < 1.29 is 4.79 Å². The van der Waals surface area contributed by atoms with Crippen molar-refractivity contribution in [2.45, 2.75) is 64.8 Å². The Morgan fingerprint density at radius 3 is 2.63 bits per heavy atom. The number of amides is 1. The molecule has 1 heterocycles. The Hall–Kier alpha value is -0.570. The molecule has 0 aromatic carbocycles. The average molecular weight is 266 g/mol. The molecule has 1 saturated carbocycles. The minimum Gasteiger partial charge on any atom is -0.341 e. The molecule has 0 aromatic heterocycles. The number of likely N-dealkylation sites (tertiary alicyclic amines) is 1. The lowest BCUT2D eigenvalue weighted by molar-refractivity contribution is -0.138. The van der Waals surface area contributed by atoms with Crippen LogP contribution in [0.3, 0.4) is 0 Å². The molecule has 1 aliphatic carbocycles. The second-order valence-electron chi connectivity index (χ2n) is 6.53. The number of carbonyl (C=O) groups excluding carboxylic acids is 1. The maximum atomic E-state index is 12.6. The lowest BCUT2D eigenvalue weighted by Crippen LogP contribution is -2.50. The molecule has 2 rings (SSSR count). The van der Waals surface area contributed by atoms with Crippen LogP contribution in [-0.2, 0) is 4.79 Å². The summed E-state index contributed by atoms with van der Waals surface area (Å²) in [5, 5.41) is 3.57. The van der Waals surface area contributed by atoms with Gasteiger partial charge in [0.25, 0.3) is 0 Å². The Balaban J connectivity index is 1.81. The third-order valence-electron chi connectivity index (χ3n) is 4.78. The van der Waals surface area contributed by atoms with Gasteiger partial charge in [0.2, 0.25) is 5.91 Å². The summed E-state index contributed by atoms with van der Waals surface area (Å²) < 4.78 is 0. The van der Waals surface area contributed by atoms with Gasteiger partial charge >= 0.3 is 0 Å². The van der Waals surface area contributed by atoms with Crippen LogP contribution in [0.15, 0.2) is 0 Å². The van der Waals surface area contributed by atoms with Crippen LogP contribution in [0.5, 0.6) is 0 Å². The molecule has 0 spiro atoms. The molecule has 3 heteroatoms. The highest BCUT2D eigenvalue weighted by Gasteiger charge is 2.30. The van der Waals surface area contributed by atoms with Gasteiger partial charge in [-0.25, -0.2) is 0 Å². The van der Waals surface area contributed by atoms with E-state index in [0.717, 1.165) is 44.8 Å². The average Bonchev–Trinajstić information content (AvgIpc) is 2.45. The molecule has 2 aliphatic rings. The fourth-order valence-electron chi connectivity index (χ4n) is 3.46. The SMILES string of the molecule is CCCNC1CCCN(C(=O)C2CCC(C)CC2)C1. The molecule has 1 saturated heterocycles. The van der Waals surface area contributed by atoms with Crippen molar-refractivity contribution >= 4 is 5.91 Å². The van der Waals surface area contributed by atoms with Crippen LogP contribution in [0.4, 0.5) is 0 Å². The van der Waals surface area contributed by atoms with Crippen LogP contribution in [0.2, 0.25) is 0 Å². The molecule has 110 valence electrons. The molecular weight excluding hydrogens is 236 g/mol. The van der Waals surface area contributed by atoms with Crippen LogP contribution in [0.25, 0.3) is 0 Å². The predicted octanol–water partition coefficient (Wildman–Crippen LogP) is 2.80. The minimum absolute atomic E-state index is 0.320. The van der Waals surface area contributed by atoms with Gasteiger partial charge in [0.05, 0.1) is 0 Å². The van der Waals surface area contributed by atoms with E-state index in [1.807, 2.05) is 0 Å². The number of hydrogen-bond donors (Lipinski definition) is 1. The van der Waals surface area contributed by atoms with E-state index in [1.165, 1.54) is 25.7 Å². The number of piperidine rings is 1. The standard InChI is InChI=1S/C16H30N2O/c1-3-10-17-15-5-4-11-18(12-15)16(19)14-8-6-13(2)7-9-14/h13-15,17H,3-12H2,1-2H3. The molecule has 0 radical (unpaired) electrons. The summed E-state index contributed by atoms with van der Waals surface area (Å²) in [6.45, 7) is 7.50. The molecule has 2 fully saturated rings. The number of carbonyl (C=O) groups is 1. The van der Waals surface area contributed by atoms with Crippen molar-refractivity contribution in [1.82, 2.24) is 10.2 Å². The van der Waals surface area contributed by atoms with E-state index in [9.17, 15) is 4.79 Å². The van der Waals surface area contributed by atoms with Gasteiger partial charge < -0.3 is 10.2 Å². The van der Waals surface area contributed by atoms with E-state index in [0.29, 0.717) is 17.9 Å². The summed E-state index contributed by atoms with van der Waals surface area (Å²) in [6.07, 6.45) is 8.27. The second kappa shape index (κ2) is 7.28. The Labute approximate surface area is 118 Å². The van der Waals surface area contributed by atoms with E-state index >= 15 is 0 Å². The highest BCUT2D eigenvalue weighted by molar-refractivity contribution is 5.79. The van der Waals surface area contributed by atoms with Crippen molar-refractivity contribution in [3.8, 4) is 0 Å². The summed E-state index contributed by atoms with van der Waals surface area (Å²) in [6, 6.07) is 0.528. The Kier molecular flexibility index (Phi) is 5.68. The molecule has 1 atom stereocenters. The lowest BCUT2D eigenvalue weighted by Gasteiger charge is -2.37. The van der Waals surface area contributed by atoms with Crippen molar-refractivity contribution in [3.05, 3.63) is 0 Å². The zero-order valence-electron chi connectivity index (χ0n) is 12.7. The van der Waals surface area contributed by atoms with Crippen molar-refractivity contribution in [3.63, 3.8) is 0 Å². The zero-order valence-corrected chi connectivity index (χ0v) is 12.7. The highest BCUT2D eigenvalue weighted by Crippen LogP contribution is 2.30. The first-order chi connectivity index (χ1) is 9.20. The monoisotopic (exact) mass is 266 g/mol. The molecule has 1 amide bonds. The van der Waals surface area contributed by atoms with Crippen LogP contribution in [-0.4, -0.2) is 36.5 Å². The topological polar surface area (TPSA) is 32.3 Å². The van der Waals surface area contributed by atoms with Gasteiger partial charge in [-0.05, 0) is 57.4 Å². The fraction of sp³-hybridized carbons (Fsp3) is 0.938.